The maximum atomic E-state index is 12.7. The molecule has 8 heteroatoms. The summed E-state index contributed by atoms with van der Waals surface area (Å²) in [6.45, 7) is 10.8. The Labute approximate surface area is 158 Å². The van der Waals surface area contributed by atoms with Crippen molar-refractivity contribution in [3.8, 4) is 0 Å². The van der Waals surface area contributed by atoms with E-state index in [0.717, 1.165) is 39.1 Å². The Bertz CT molecular complexity index is 920. The van der Waals surface area contributed by atoms with Crippen LogP contribution >= 0.6 is 0 Å². The van der Waals surface area contributed by atoms with Crippen LogP contribution in [0.25, 0.3) is 11.0 Å². The third kappa shape index (κ3) is 2.53. The smallest absolute Gasteiger partial charge is 0.263 e. The predicted octanol–water partition coefficient (Wildman–Crippen LogP) is 1.08. The molecule has 2 aromatic heterocycles. The molecule has 8 nitrogen and oxygen atoms in total. The lowest BCUT2D eigenvalue weighted by molar-refractivity contribution is 0.107. The number of anilines is 1. The van der Waals surface area contributed by atoms with Crippen LogP contribution in [0.1, 0.15) is 33.6 Å². The summed E-state index contributed by atoms with van der Waals surface area (Å²) in [7, 11) is 0. The van der Waals surface area contributed by atoms with Gasteiger partial charge in [0.25, 0.3) is 5.56 Å². The Morgan fingerprint density at radius 3 is 2.78 bits per heavy atom. The summed E-state index contributed by atoms with van der Waals surface area (Å²) >= 11 is 0. The third-order valence-electron chi connectivity index (χ3n) is 6.66. The van der Waals surface area contributed by atoms with Crippen LogP contribution in [0.4, 0.5) is 5.95 Å². The molecule has 0 bridgehead atoms. The normalized spacial score (nSPS) is 27.6. The van der Waals surface area contributed by atoms with Gasteiger partial charge in [-0.2, -0.15) is 10.1 Å². The Morgan fingerprint density at radius 1 is 1.26 bits per heavy atom. The monoisotopic (exact) mass is 372 g/mol. The fourth-order valence-corrected chi connectivity index (χ4v) is 5.23. The highest BCUT2D eigenvalue weighted by Crippen LogP contribution is 2.49. The molecule has 3 aliphatic rings. The molecule has 0 radical (unpaired) electrons. The van der Waals surface area contributed by atoms with Gasteiger partial charge in [0.1, 0.15) is 5.39 Å². The first-order valence-corrected chi connectivity index (χ1v) is 9.93. The van der Waals surface area contributed by atoms with Crippen LogP contribution in [0.5, 0.6) is 0 Å². The molecular formula is C19H28N6O2. The highest BCUT2D eigenvalue weighted by molar-refractivity contribution is 5.75. The van der Waals surface area contributed by atoms with Crippen LogP contribution in [-0.2, 0) is 10.3 Å². The van der Waals surface area contributed by atoms with Crippen molar-refractivity contribution in [1.29, 1.82) is 0 Å². The van der Waals surface area contributed by atoms with E-state index in [-0.39, 0.29) is 22.6 Å². The van der Waals surface area contributed by atoms with Crippen molar-refractivity contribution < 1.29 is 4.74 Å². The van der Waals surface area contributed by atoms with Crippen molar-refractivity contribution in [2.45, 2.75) is 45.2 Å². The third-order valence-corrected chi connectivity index (χ3v) is 6.66. The SMILES string of the molecule is CC(C)(C)n1ncc2c(=O)[nH]c(N3CC4(CCNCC4)[C@@H]4COC[C@@H]43)nc21. The maximum Gasteiger partial charge on any atom is 0.263 e. The number of hydrogen-bond acceptors (Lipinski definition) is 6. The van der Waals surface area contributed by atoms with E-state index < -0.39 is 0 Å². The van der Waals surface area contributed by atoms with E-state index in [1.807, 2.05) is 4.68 Å². The first kappa shape index (κ1) is 17.2. The molecule has 0 amide bonds. The molecule has 3 saturated heterocycles. The molecule has 5 rings (SSSR count). The van der Waals surface area contributed by atoms with Crippen molar-refractivity contribution in [3.05, 3.63) is 16.6 Å². The maximum absolute atomic E-state index is 12.7. The second-order valence-corrected chi connectivity index (χ2v) is 9.31. The first-order chi connectivity index (χ1) is 12.9. The van der Waals surface area contributed by atoms with E-state index in [1.54, 1.807) is 6.20 Å². The fourth-order valence-electron chi connectivity index (χ4n) is 5.23. The van der Waals surface area contributed by atoms with E-state index >= 15 is 0 Å². The molecule has 0 aliphatic carbocycles. The average molecular weight is 372 g/mol. The van der Waals surface area contributed by atoms with Gasteiger partial charge in [-0.15, -0.1) is 0 Å². The Kier molecular flexibility index (Phi) is 3.68. The number of hydrogen-bond donors (Lipinski definition) is 2. The van der Waals surface area contributed by atoms with Gasteiger partial charge in [0, 0.05) is 12.5 Å². The van der Waals surface area contributed by atoms with Crippen LogP contribution in [0.2, 0.25) is 0 Å². The summed E-state index contributed by atoms with van der Waals surface area (Å²) in [5.74, 6) is 1.17. The minimum Gasteiger partial charge on any atom is -0.379 e. The average Bonchev–Trinajstić information content (AvgIpc) is 3.31. The summed E-state index contributed by atoms with van der Waals surface area (Å²) in [4.78, 5) is 22.9. The van der Waals surface area contributed by atoms with E-state index in [2.05, 4.69) is 41.1 Å². The molecule has 5 heterocycles. The van der Waals surface area contributed by atoms with Gasteiger partial charge in [0.15, 0.2) is 5.65 Å². The van der Waals surface area contributed by atoms with Crippen molar-refractivity contribution in [2.75, 3.05) is 37.7 Å². The molecule has 2 atom stereocenters. The van der Waals surface area contributed by atoms with Crippen molar-refractivity contribution in [1.82, 2.24) is 25.1 Å². The Morgan fingerprint density at radius 2 is 2.04 bits per heavy atom. The molecule has 1 spiro atoms. The van der Waals surface area contributed by atoms with Crippen LogP contribution in [0.15, 0.2) is 11.0 Å². The van der Waals surface area contributed by atoms with Gasteiger partial charge in [-0.25, -0.2) is 4.68 Å². The van der Waals surface area contributed by atoms with Gasteiger partial charge >= 0.3 is 0 Å². The van der Waals surface area contributed by atoms with Gasteiger partial charge in [-0.3, -0.25) is 9.78 Å². The molecule has 0 unspecified atom stereocenters. The zero-order valence-corrected chi connectivity index (χ0v) is 16.3. The number of rotatable bonds is 1. The largest absolute Gasteiger partial charge is 0.379 e. The van der Waals surface area contributed by atoms with Crippen LogP contribution in [0, 0.1) is 11.3 Å². The first-order valence-electron chi connectivity index (χ1n) is 9.93. The van der Waals surface area contributed by atoms with Gasteiger partial charge in [-0.05, 0) is 52.1 Å². The van der Waals surface area contributed by atoms with Crippen molar-refractivity contribution in [3.63, 3.8) is 0 Å². The molecule has 2 aromatic rings. The van der Waals surface area contributed by atoms with Crippen LogP contribution in [-0.4, -0.2) is 58.6 Å². The number of fused-ring (bicyclic) bond motifs is 3. The highest BCUT2D eigenvalue weighted by atomic mass is 16.5. The molecule has 0 saturated carbocycles. The van der Waals surface area contributed by atoms with Gasteiger partial charge in [-0.1, -0.05) is 0 Å². The summed E-state index contributed by atoms with van der Waals surface area (Å²) < 4.78 is 7.72. The molecule has 27 heavy (non-hydrogen) atoms. The number of H-pyrrole nitrogens is 1. The minimum absolute atomic E-state index is 0.118. The predicted molar refractivity (Wildman–Crippen MR) is 103 cm³/mol. The zero-order chi connectivity index (χ0) is 18.8. The molecule has 2 N–H and O–H groups in total. The van der Waals surface area contributed by atoms with Gasteiger partial charge in [0.05, 0.1) is 31.0 Å². The van der Waals surface area contributed by atoms with Crippen LogP contribution in [0.3, 0.4) is 0 Å². The minimum atomic E-state index is -0.236. The lowest BCUT2D eigenvalue weighted by atomic mass is 9.70. The molecule has 0 aromatic carbocycles. The lowest BCUT2D eigenvalue weighted by Gasteiger charge is -2.37. The summed E-state index contributed by atoms with van der Waals surface area (Å²) in [5, 5.41) is 8.45. The number of piperidine rings is 1. The number of nitrogens with zero attached hydrogens (tertiary/aromatic N) is 4. The fraction of sp³-hybridized carbons (Fsp3) is 0.737. The van der Waals surface area contributed by atoms with Crippen LogP contribution < -0.4 is 15.8 Å². The van der Waals surface area contributed by atoms with Crippen molar-refractivity contribution >= 4 is 17.0 Å². The number of aromatic amines is 1. The number of ether oxygens (including phenoxy) is 1. The number of nitrogens with one attached hydrogen (secondary N) is 2. The molecular weight excluding hydrogens is 344 g/mol. The second-order valence-electron chi connectivity index (χ2n) is 9.31. The molecule has 146 valence electrons. The standard InChI is InChI=1S/C19H28N6O2/c1-18(2,3)25-15-12(8-21-25)16(26)23-17(22-15)24-11-19(4-6-20-7-5-19)13-9-27-10-14(13)24/h8,13-14,20H,4-7,9-11H2,1-3H3,(H,22,23,26)/t13-,14+/m1/s1. The van der Waals surface area contributed by atoms with Crippen molar-refractivity contribution in [2.24, 2.45) is 11.3 Å². The summed E-state index contributed by atoms with van der Waals surface area (Å²) in [6, 6.07) is 0.287. The zero-order valence-electron chi connectivity index (χ0n) is 16.3. The van der Waals surface area contributed by atoms with E-state index in [4.69, 9.17) is 9.72 Å². The quantitative estimate of drug-likeness (QED) is 0.779. The van der Waals surface area contributed by atoms with E-state index in [9.17, 15) is 4.79 Å². The summed E-state index contributed by atoms with van der Waals surface area (Å²) in [6.07, 6.45) is 3.93. The summed E-state index contributed by atoms with van der Waals surface area (Å²) in [5.41, 5.74) is 0.555. The Hall–Kier alpha value is -1.93. The van der Waals surface area contributed by atoms with E-state index in [1.165, 1.54) is 0 Å². The molecule has 3 fully saturated rings. The lowest BCUT2D eigenvalue weighted by Crippen LogP contribution is -2.42. The second kappa shape index (κ2) is 5.78. The highest BCUT2D eigenvalue weighted by Gasteiger charge is 2.55. The van der Waals surface area contributed by atoms with Gasteiger partial charge in [0.2, 0.25) is 5.95 Å². The topological polar surface area (TPSA) is 88.1 Å². The number of aromatic nitrogens is 4. The van der Waals surface area contributed by atoms with Gasteiger partial charge < -0.3 is 15.0 Å². The Balaban J connectivity index is 1.60. The molecule has 3 aliphatic heterocycles. The van der Waals surface area contributed by atoms with E-state index in [0.29, 0.717) is 29.5 Å².